The number of rotatable bonds is 1. The molecule has 2 heterocycles. The summed E-state index contributed by atoms with van der Waals surface area (Å²) in [5.41, 5.74) is 3.10. The topological polar surface area (TPSA) is 85.7 Å². The van der Waals surface area contributed by atoms with Crippen molar-refractivity contribution in [3.63, 3.8) is 0 Å². The fourth-order valence-corrected chi connectivity index (χ4v) is 1.44. The van der Waals surface area contributed by atoms with E-state index in [1.807, 2.05) is 31.2 Å². The number of nitriles is 2. The van der Waals surface area contributed by atoms with Crippen molar-refractivity contribution in [3.8, 4) is 12.1 Å². The van der Waals surface area contributed by atoms with Gasteiger partial charge in [0.05, 0.1) is 16.8 Å². The molecule has 1 radical (unpaired) electrons. The van der Waals surface area contributed by atoms with Crippen LogP contribution in [0.4, 0.5) is 0 Å². The maximum absolute atomic E-state index is 8.40. The van der Waals surface area contributed by atoms with Gasteiger partial charge in [-0.1, -0.05) is 15.9 Å². The van der Waals surface area contributed by atoms with Gasteiger partial charge in [-0.05, 0) is 31.2 Å². The maximum atomic E-state index is 8.40. The molecule has 0 aliphatic heterocycles. The first-order valence-electron chi connectivity index (χ1n) is 5.89. The van der Waals surface area contributed by atoms with Crippen LogP contribution in [0.2, 0.25) is 0 Å². The predicted octanol–water partition coefficient (Wildman–Crippen LogP) is 3.29. The fourth-order valence-electron chi connectivity index (χ4n) is 1.10. The quantitative estimate of drug-likeness (QED) is 0.472. The Morgan fingerprint density at radius 2 is 1.64 bits per heavy atom. The Labute approximate surface area is 144 Å². The van der Waals surface area contributed by atoms with E-state index in [0.29, 0.717) is 11.1 Å². The van der Waals surface area contributed by atoms with Crippen molar-refractivity contribution in [2.45, 2.75) is 12.3 Å². The molecule has 0 spiro atoms. The molecule has 0 aliphatic carbocycles. The second-order valence-electron chi connectivity index (χ2n) is 3.70. The van der Waals surface area contributed by atoms with Crippen LogP contribution in [-0.4, -0.2) is 17.6 Å². The van der Waals surface area contributed by atoms with Crippen LogP contribution in [0.15, 0.2) is 41.0 Å². The van der Waals surface area contributed by atoms with E-state index in [9.17, 15) is 0 Å². The monoisotopic (exact) mass is 372 g/mol. The number of aryl methyl sites for hydroxylation is 1. The van der Waals surface area contributed by atoms with Gasteiger partial charge in [0.15, 0.2) is 0 Å². The molecule has 0 saturated carbocycles. The van der Waals surface area contributed by atoms with Crippen molar-refractivity contribution in [1.29, 1.82) is 10.5 Å². The third kappa shape index (κ3) is 9.01. The van der Waals surface area contributed by atoms with E-state index in [-0.39, 0.29) is 0 Å². The average molecular weight is 373 g/mol. The molecule has 22 heavy (non-hydrogen) atoms. The molecule has 0 aliphatic rings. The zero-order valence-corrected chi connectivity index (χ0v) is 14.3. The van der Waals surface area contributed by atoms with E-state index in [4.69, 9.17) is 10.5 Å². The Bertz CT molecular complexity index is 647. The number of pyridine rings is 2. The second kappa shape index (κ2) is 12.7. The summed E-state index contributed by atoms with van der Waals surface area (Å²) in [4.78, 5) is 7.93. The van der Waals surface area contributed by atoms with Crippen LogP contribution in [0.1, 0.15) is 22.5 Å². The summed E-state index contributed by atoms with van der Waals surface area (Å²) in [6.45, 7) is 1.89. The summed E-state index contributed by atoms with van der Waals surface area (Å²) >= 11 is 6.45. The third-order valence-corrected chi connectivity index (χ3v) is 2.71. The minimum absolute atomic E-state index is 0.602. The van der Waals surface area contributed by atoms with Crippen LogP contribution in [0.25, 0.3) is 0 Å². The molecule has 0 amide bonds. The van der Waals surface area contributed by atoms with Crippen LogP contribution in [-0.2, 0) is 5.33 Å². The van der Waals surface area contributed by atoms with Crippen molar-refractivity contribution in [2.75, 3.05) is 0 Å². The Hall–Kier alpha value is -2.03. The summed E-state index contributed by atoms with van der Waals surface area (Å²) in [7, 11) is 4.34. The van der Waals surface area contributed by atoms with Crippen molar-refractivity contribution in [2.24, 2.45) is 4.30 Å². The average Bonchev–Trinajstić information content (AvgIpc) is 2.57. The van der Waals surface area contributed by atoms with E-state index in [0.717, 1.165) is 16.7 Å². The van der Waals surface area contributed by atoms with Gasteiger partial charge in [-0.25, -0.2) is 0 Å². The van der Waals surface area contributed by atoms with E-state index < -0.39 is 0 Å². The summed E-state index contributed by atoms with van der Waals surface area (Å²) in [5, 5.41) is 17.5. The Balaban J connectivity index is 0.000000342. The molecule has 0 saturated heterocycles. The first kappa shape index (κ1) is 20.0. The van der Waals surface area contributed by atoms with Crippen molar-refractivity contribution >= 4 is 36.4 Å². The molecule has 2 rings (SSSR count). The van der Waals surface area contributed by atoms with Gasteiger partial charge in [0, 0.05) is 23.4 Å². The number of hydrogen-bond acceptors (Lipinski definition) is 6. The zero-order chi connectivity index (χ0) is 16.8. The molecular formula is C14H12BBrN5S. The van der Waals surface area contributed by atoms with Gasteiger partial charge in [-0.15, -0.1) is 0 Å². The van der Waals surface area contributed by atoms with Gasteiger partial charge < -0.3 is 0 Å². The van der Waals surface area contributed by atoms with Gasteiger partial charge >= 0.3 is 24.8 Å². The summed E-state index contributed by atoms with van der Waals surface area (Å²) < 4.78 is 2.69. The van der Waals surface area contributed by atoms with Gasteiger partial charge in [-0.3, -0.25) is 9.97 Å². The van der Waals surface area contributed by atoms with E-state index >= 15 is 0 Å². The number of thiol groups is 1. The Morgan fingerprint density at radius 3 is 1.95 bits per heavy atom. The fraction of sp³-hybridized carbons (Fsp3) is 0.143. The van der Waals surface area contributed by atoms with Crippen molar-refractivity contribution < 1.29 is 0 Å². The molecule has 2 aromatic heterocycles. The molecular weight excluding hydrogens is 361 g/mol. The second-order valence-corrected chi connectivity index (χ2v) is 4.49. The summed E-state index contributed by atoms with van der Waals surface area (Å²) in [6.07, 6.45) is 3.13. The van der Waals surface area contributed by atoms with Crippen LogP contribution in [0, 0.1) is 29.6 Å². The molecule has 109 valence electrons. The van der Waals surface area contributed by atoms with Crippen LogP contribution in [0.3, 0.4) is 0 Å². The van der Waals surface area contributed by atoms with Crippen LogP contribution >= 0.6 is 28.7 Å². The Morgan fingerprint density at radius 1 is 1.14 bits per heavy atom. The molecule has 0 fully saturated rings. The van der Waals surface area contributed by atoms with Gasteiger partial charge in [0.2, 0.25) is 0 Å². The number of hydrogen-bond donors (Lipinski definition) is 1. The molecule has 0 aromatic carbocycles. The molecule has 8 heteroatoms. The van der Waals surface area contributed by atoms with Gasteiger partial charge in [0.25, 0.3) is 0 Å². The zero-order valence-electron chi connectivity index (χ0n) is 11.8. The molecule has 0 atom stereocenters. The van der Waals surface area contributed by atoms with E-state index in [1.54, 1.807) is 24.5 Å². The Kier molecular flexibility index (Phi) is 11.5. The van der Waals surface area contributed by atoms with Crippen molar-refractivity contribution in [3.05, 3.63) is 59.2 Å². The molecule has 0 unspecified atom stereocenters. The number of aromatic nitrogens is 2. The van der Waals surface area contributed by atoms with Gasteiger partial charge in [0.1, 0.15) is 12.1 Å². The number of nitrogens with zero attached hydrogens (tertiary/aromatic N) is 5. The van der Waals surface area contributed by atoms with E-state index in [1.165, 1.54) is 0 Å². The van der Waals surface area contributed by atoms with Crippen LogP contribution in [0.5, 0.6) is 0 Å². The van der Waals surface area contributed by atoms with Gasteiger partial charge in [-0.2, -0.15) is 10.5 Å². The molecule has 0 bridgehead atoms. The van der Waals surface area contributed by atoms with Crippen LogP contribution < -0.4 is 0 Å². The summed E-state index contributed by atoms with van der Waals surface area (Å²) in [6, 6.07) is 11.1. The standard InChI is InChI=1S/C7H5BrN2.C7H6N2.BHNS/c8-3-7-2-1-6(4-9)5-10-7;1-6-2-3-7(4-8)5-9-6;1-2-3/h1-2,5H,3H2;2-3,5H,1H3;3H. The number of halogens is 1. The number of alkyl halides is 1. The predicted molar refractivity (Wildman–Crippen MR) is 92.4 cm³/mol. The SMILES string of the molecule is Cc1ccc(C#N)cn1.N#Cc1ccc(CBr)nc1.[B]=NS. The summed E-state index contributed by atoms with van der Waals surface area (Å²) in [5.74, 6) is 0. The first-order valence-corrected chi connectivity index (χ1v) is 7.41. The van der Waals surface area contributed by atoms with E-state index in [2.05, 4.69) is 50.7 Å². The minimum atomic E-state index is 0.602. The molecule has 0 N–H and O–H groups in total. The normalized spacial score (nSPS) is 8.00. The van der Waals surface area contributed by atoms with Crippen molar-refractivity contribution in [1.82, 2.24) is 9.97 Å². The third-order valence-electron chi connectivity index (χ3n) is 2.13. The molecule has 2 aromatic rings. The first-order chi connectivity index (χ1) is 10.6. The molecule has 5 nitrogen and oxygen atoms in total.